The molecule has 168 valence electrons. The maximum Gasteiger partial charge on any atom is 0.441 e. The third-order valence-electron chi connectivity index (χ3n) is 6.94. The van der Waals surface area contributed by atoms with Crippen LogP contribution in [0.2, 0.25) is 0 Å². The summed E-state index contributed by atoms with van der Waals surface area (Å²) >= 11 is 0. The zero-order valence-electron chi connectivity index (χ0n) is 19.4. The van der Waals surface area contributed by atoms with Crippen LogP contribution in [0.4, 0.5) is 17.3 Å². The fourth-order valence-corrected chi connectivity index (χ4v) is 4.80. The number of benzene rings is 1. The van der Waals surface area contributed by atoms with Gasteiger partial charge in [0.05, 0.1) is 45.8 Å². The van der Waals surface area contributed by atoms with Crippen molar-refractivity contribution in [1.82, 2.24) is 14.6 Å². The minimum absolute atomic E-state index is 0.782. The summed E-state index contributed by atoms with van der Waals surface area (Å²) in [5.41, 5.74) is 2.16. The summed E-state index contributed by atoms with van der Waals surface area (Å²) in [7, 11) is 0. The highest BCUT2D eigenvalue weighted by Gasteiger charge is 2.38. The minimum atomic E-state index is 0.782. The van der Waals surface area contributed by atoms with Gasteiger partial charge in [0.25, 0.3) is 0 Å². The lowest BCUT2D eigenvalue weighted by Gasteiger charge is -2.51. The molecule has 8 heteroatoms. The first-order valence-electron chi connectivity index (χ1n) is 12.0. The molecule has 0 aliphatic carbocycles. The van der Waals surface area contributed by atoms with E-state index in [1.54, 1.807) is 0 Å². The Morgan fingerprint density at radius 1 is 1.00 bits per heavy atom. The number of hydrogen-bond acceptors (Lipinski definition) is 5. The van der Waals surface area contributed by atoms with Gasteiger partial charge in [0.2, 0.25) is 0 Å². The number of azo groups is 1. The first-order chi connectivity index (χ1) is 15.2. The second kappa shape index (κ2) is 9.87. The lowest BCUT2D eigenvalue weighted by atomic mass is 10.1. The Morgan fingerprint density at radius 2 is 1.71 bits per heavy atom. The van der Waals surface area contributed by atoms with E-state index in [0.29, 0.717) is 0 Å². The van der Waals surface area contributed by atoms with Crippen molar-refractivity contribution in [2.45, 2.75) is 40.3 Å². The Hall–Kier alpha value is -2.32. The van der Waals surface area contributed by atoms with E-state index in [9.17, 15) is 0 Å². The van der Waals surface area contributed by atoms with E-state index in [1.165, 1.54) is 56.0 Å². The molecule has 0 N–H and O–H groups in total. The summed E-state index contributed by atoms with van der Waals surface area (Å²) in [6.07, 6.45) is 2.98. The van der Waals surface area contributed by atoms with Gasteiger partial charge < -0.3 is 9.38 Å². The maximum atomic E-state index is 4.48. The van der Waals surface area contributed by atoms with Gasteiger partial charge in [-0.3, -0.25) is 4.90 Å². The molecular weight excluding hydrogens is 388 g/mol. The molecule has 0 amide bonds. The van der Waals surface area contributed by atoms with Gasteiger partial charge in [-0.1, -0.05) is 17.1 Å². The Labute approximate surface area is 186 Å². The summed E-state index contributed by atoms with van der Waals surface area (Å²) in [4.78, 5) is 5.17. The molecule has 1 aromatic carbocycles. The van der Waals surface area contributed by atoms with Gasteiger partial charge in [-0.2, -0.15) is 0 Å². The number of nitrogens with zero attached hydrogens (tertiary/aromatic N) is 8. The van der Waals surface area contributed by atoms with Crippen LogP contribution >= 0.6 is 0 Å². The quantitative estimate of drug-likeness (QED) is 0.333. The van der Waals surface area contributed by atoms with Crippen LogP contribution in [0.3, 0.4) is 0 Å². The molecule has 3 aliphatic rings. The summed E-state index contributed by atoms with van der Waals surface area (Å²) in [6, 6.07) is 8.56. The summed E-state index contributed by atoms with van der Waals surface area (Å²) in [6.45, 7) is 19.3. The Balaban J connectivity index is 1.42. The van der Waals surface area contributed by atoms with Crippen molar-refractivity contribution < 1.29 is 9.16 Å². The van der Waals surface area contributed by atoms with Crippen LogP contribution < -0.4 is 9.58 Å². The normalized spacial score (nSPS) is 23.0. The van der Waals surface area contributed by atoms with Crippen molar-refractivity contribution >= 4 is 17.3 Å². The Morgan fingerprint density at radius 3 is 2.32 bits per heavy atom. The van der Waals surface area contributed by atoms with Gasteiger partial charge in [0.1, 0.15) is 5.69 Å². The predicted molar refractivity (Wildman–Crippen MR) is 123 cm³/mol. The fourth-order valence-electron chi connectivity index (χ4n) is 4.80. The van der Waals surface area contributed by atoms with Crippen LogP contribution in [0.25, 0.3) is 0 Å². The van der Waals surface area contributed by atoms with Gasteiger partial charge in [0.15, 0.2) is 6.33 Å². The molecule has 31 heavy (non-hydrogen) atoms. The van der Waals surface area contributed by atoms with Crippen LogP contribution in [-0.2, 0) is 13.1 Å². The summed E-state index contributed by atoms with van der Waals surface area (Å²) in [5, 5.41) is 13.3. The second-order valence-corrected chi connectivity index (χ2v) is 8.81. The maximum absolute atomic E-state index is 4.48. The van der Waals surface area contributed by atoms with Crippen molar-refractivity contribution in [3.63, 3.8) is 0 Å². The van der Waals surface area contributed by atoms with Gasteiger partial charge in [-0.05, 0) is 44.5 Å². The number of hydrogen-bond donors (Lipinski definition) is 0. The third kappa shape index (κ3) is 4.96. The lowest BCUT2D eigenvalue weighted by molar-refractivity contribution is -0.939. The smallest absolute Gasteiger partial charge is 0.366 e. The topological polar surface area (TPSA) is 52.9 Å². The summed E-state index contributed by atoms with van der Waals surface area (Å²) in [5.74, 6) is 0.789. The molecule has 0 atom stereocenters. The summed E-state index contributed by atoms with van der Waals surface area (Å²) < 4.78 is 5.20. The molecule has 2 aromatic rings. The lowest BCUT2D eigenvalue weighted by Crippen LogP contribution is -2.68. The molecule has 3 saturated heterocycles. The van der Waals surface area contributed by atoms with E-state index in [1.807, 2.05) is 15.6 Å². The predicted octanol–water partition coefficient (Wildman–Crippen LogP) is 2.99. The molecule has 0 unspecified atom stereocenters. The van der Waals surface area contributed by atoms with Crippen molar-refractivity contribution in [2.24, 2.45) is 10.2 Å². The van der Waals surface area contributed by atoms with Crippen LogP contribution in [-0.4, -0.2) is 78.0 Å². The van der Waals surface area contributed by atoms with Crippen LogP contribution in [0.5, 0.6) is 0 Å². The highest BCUT2D eigenvalue weighted by molar-refractivity contribution is 5.52. The molecule has 5 rings (SSSR count). The molecule has 3 fully saturated rings. The first kappa shape index (κ1) is 21.9. The number of aryl methyl sites for hydroxylation is 2. The first-order valence-corrected chi connectivity index (χ1v) is 12.0. The second-order valence-electron chi connectivity index (χ2n) is 8.81. The van der Waals surface area contributed by atoms with E-state index < -0.39 is 0 Å². The zero-order valence-corrected chi connectivity index (χ0v) is 19.4. The number of aromatic nitrogens is 3. The number of piperazine rings is 3. The number of rotatable bonds is 10. The molecule has 4 heterocycles. The minimum Gasteiger partial charge on any atom is -0.366 e. The largest absolute Gasteiger partial charge is 0.441 e. The van der Waals surface area contributed by atoms with E-state index in [0.717, 1.165) is 44.2 Å². The standard InChI is InChI=1S/C23H38N8/c1-4-11-29(15-19-31-16-12-27(13-17-31)14-18-31)22-9-7-21(8-10-22)25-26-23-28(5-2)20-24-30(23)6-3/h7-10,20H,4-6,11-19H2,1-3H3/q+2. The number of quaternary nitrogens is 1. The van der Waals surface area contributed by atoms with E-state index >= 15 is 0 Å². The van der Waals surface area contributed by atoms with E-state index in [4.69, 9.17) is 0 Å². The molecule has 0 radical (unpaired) electrons. The van der Waals surface area contributed by atoms with E-state index in [-0.39, 0.29) is 0 Å². The van der Waals surface area contributed by atoms with Gasteiger partial charge in [-0.25, -0.2) is 4.57 Å². The number of anilines is 1. The molecule has 0 saturated carbocycles. The molecule has 3 aliphatic heterocycles. The SMILES string of the molecule is CCCN(CC[N+]12CCN(CC1)CC2)c1ccc(/N=N/c2n(CC)cn[n+]2CC)cc1. The number of fused-ring (bicyclic) bond motifs is 3. The Kier molecular flexibility index (Phi) is 6.97. The molecule has 2 bridgehead atoms. The van der Waals surface area contributed by atoms with Crippen molar-refractivity contribution in [2.75, 3.05) is 63.8 Å². The van der Waals surface area contributed by atoms with Gasteiger partial charge in [-0.15, -0.1) is 4.68 Å². The van der Waals surface area contributed by atoms with Crippen molar-refractivity contribution in [3.8, 4) is 0 Å². The fraction of sp³-hybridized carbons (Fsp3) is 0.652. The molecular formula is C23H38N8+2. The third-order valence-corrected chi connectivity index (χ3v) is 6.94. The van der Waals surface area contributed by atoms with Gasteiger partial charge in [0, 0.05) is 37.0 Å². The molecule has 8 nitrogen and oxygen atoms in total. The molecule has 1 aromatic heterocycles. The molecule has 0 spiro atoms. The average molecular weight is 427 g/mol. The van der Waals surface area contributed by atoms with Crippen LogP contribution in [0.1, 0.15) is 27.2 Å². The van der Waals surface area contributed by atoms with Gasteiger partial charge >= 0.3 is 5.95 Å². The highest BCUT2D eigenvalue weighted by Crippen LogP contribution is 2.24. The Bertz CT molecular complexity index is 829. The zero-order chi connectivity index (χ0) is 21.7. The van der Waals surface area contributed by atoms with Crippen LogP contribution in [0, 0.1) is 0 Å². The van der Waals surface area contributed by atoms with Crippen molar-refractivity contribution in [3.05, 3.63) is 30.6 Å². The average Bonchev–Trinajstić information content (AvgIpc) is 3.24. The van der Waals surface area contributed by atoms with Crippen molar-refractivity contribution in [1.29, 1.82) is 0 Å². The van der Waals surface area contributed by atoms with E-state index in [2.05, 4.69) is 70.2 Å². The monoisotopic (exact) mass is 426 g/mol. The highest BCUT2D eigenvalue weighted by atomic mass is 15.5. The van der Waals surface area contributed by atoms with Crippen LogP contribution in [0.15, 0.2) is 40.8 Å².